The van der Waals surface area contributed by atoms with Crippen molar-refractivity contribution in [2.24, 2.45) is 5.92 Å². The van der Waals surface area contributed by atoms with Crippen molar-refractivity contribution in [3.8, 4) is 17.6 Å². The highest BCUT2D eigenvalue weighted by Crippen LogP contribution is 2.31. The van der Waals surface area contributed by atoms with Crippen LogP contribution >= 0.6 is 11.6 Å². The van der Waals surface area contributed by atoms with Crippen LogP contribution in [0, 0.1) is 24.7 Å². The Morgan fingerprint density at radius 2 is 2.10 bits per heavy atom. The minimum atomic E-state index is 0.373. The van der Waals surface area contributed by atoms with Crippen LogP contribution in [0.1, 0.15) is 50.2 Å². The number of halogens is 1. The zero-order chi connectivity index (χ0) is 14.4. The van der Waals surface area contributed by atoms with E-state index in [1.807, 2.05) is 12.1 Å². The van der Waals surface area contributed by atoms with Gasteiger partial charge in [0.2, 0.25) is 0 Å². The Bertz CT molecular complexity index is 498. The molecule has 0 heterocycles. The maximum absolute atomic E-state index is 6.22. The summed E-state index contributed by atoms with van der Waals surface area (Å²) in [5, 5.41) is 0. The summed E-state index contributed by atoms with van der Waals surface area (Å²) in [6.07, 6.45) is 6.73. The molecule has 0 radical (unpaired) electrons. The second kappa shape index (κ2) is 7.60. The summed E-state index contributed by atoms with van der Waals surface area (Å²) in [5.41, 5.74) is 2.19. The molecule has 0 N–H and O–H groups in total. The molecule has 1 aliphatic carbocycles. The van der Waals surface area contributed by atoms with Crippen molar-refractivity contribution in [3.05, 3.63) is 29.3 Å². The van der Waals surface area contributed by atoms with E-state index in [1.165, 1.54) is 32.1 Å². The van der Waals surface area contributed by atoms with E-state index in [1.54, 1.807) is 0 Å². The molecule has 0 bridgehead atoms. The lowest BCUT2D eigenvalue weighted by Gasteiger charge is -2.31. The van der Waals surface area contributed by atoms with Crippen LogP contribution in [-0.4, -0.2) is 12.0 Å². The quantitative estimate of drug-likeness (QED) is 0.566. The number of hydrogen-bond acceptors (Lipinski definition) is 1. The molecule has 2 atom stereocenters. The fourth-order valence-corrected chi connectivity index (χ4v) is 3.02. The molecule has 1 aliphatic rings. The molecule has 0 aliphatic heterocycles. The highest BCUT2D eigenvalue weighted by atomic mass is 35.5. The van der Waals surface area contributed by atoms with Crippen LogP contribution in [0.2, 0.25) is 0 Å². The van der Waals surface area contributed by atoms with Gasteiger partial charge in [-0.15, -0.1) is 11.6 Å². The van der Waals surface area contributed by atoms with E-state index in [-0.39, 0.29) is 0 Å². The van der Waals surface area contributed by atoms with Crippen molar-refractivity contribution in [1.29, 1.82) is 0 Å². The standard InChI is InChI=1S/C18H23ClO/c1-3-15-7-4-5-9-18(15)20-17-11-10-16(8-6-12-19)14(2)13-17/h10-11,13,15,18H,3-5,7,9,12H2,1-2H3. The van der Waals surface area contributed by atoms with Gasteiger partial charge in [-0.25, -0.2) is 0 Å². The predicted molar refractivity (Wildman–Crippen MR) is 85.4 cm³/mol. The third kappa shape index (κ3) is 3.93. The average molecular weight is 291 g/mol. The summed E-state index contributed by atoms with van der Waals surface area (Å²) < 4.78 is 6.22. The lowest BCUT2D eigenvalue weighted by atomic mass is 9.85. The second-order valence-corrected chi connectivity index (χ2v) is 5.79. The van der Waals surface area contributed by atoms with Crippen molar-refractivity contribution < 1.29 is 4.74 Å². The van der Waals surface area contributed by atoms with E-state index >= 15 is 0 Å². The Labute approximate surface area is 127 Å². The Balaban J connectivity index is 2.07. The molecular formula is C18H23ClO. The molecule has 20 heavy (non-hydrogen) atoms. The summed E-state index contributed by atoms with van der Waals surface area (Å²) >= 11 is 5.60. The van der Waals surface area contributed by atoms with Crippen molar-refractivity contribution in [2.75, 3.05) is 5.88 Å². The molecule has 0 spiro atoms. The number of benzene rings is 1. The summed E-state index contributed by atoms with van der Waals surface area (Å²) in [6.45, 7) is 4.34. The van der Waals surface area contributed by atoms with Gasteiger partial charge in [-0.2, -0.15) is 0 Å². The van der Waals surface area contributed by atoms with Crippen LogP contribution in [0.25, 0.3) is 0 Å². The summed E-state index contributed by atoms with van der Waals surface area (Å²) in [4.78, 5) is 0. The van der Waals surface area contributed by atoms with Crippen molar-refractivity contribution in [1.82, 2.24) is 0 Å². The van der Waals surface area contributed by atoms with Gasteiger partial charge in [0.05, 0.1) is 5.88 Å². The fraction of sp³-hybridized carbons (Fsp3) is 0.556. The monoisotopic (exact) mass is 290 g/mol. The van der Waals surface area contributed by atoms with Crippen LogP contribution in [0.15, 0.2) is 18.2 Å². The van der Waals surface area contributed by atoms with Crippen LogP contribution in [-0.2, 0) is 0 Å². The third-order valence-corrected chi connectivity index (χ3v) is 4.27. The van der Waals surface area contributed by atoms with Gasteiger partial charge in [0.25, 0.3) is 0 Å². The molecule has 108 valence electrons. The Morgan fingerprint density at radius 1 is 1.30 bits per heavy atom. The molecule has 2 rings (SSSR count). The molecule has 0 amide bonds. The second-order valence-electron chi connectivity index (χ2n) is 5.52. The van der Waals surface area contributed by atoms with E-state index in [4.69, 9.17) is 16.3 Å². The molecule has 1 saturated carbocycles. The first kappa shape index (κ1) is 15.3. The number of rotatable bonds is 3. The zero-order valence-corrected chi connectivity index (χ0v) is 13.2. The van der Waals surface area contributed by atoms with E-state index in [2.05, 4.69) is 31.8 Å². The van der Waals surface area contributed by atoms with Gasteiger partial charge in [-0.1, -0.05) is 25.2 Å². The molecule has 0 saturated heterocycles. The average Bonchev–Trinajstić information content (AvgIpc) is 2.47. The van der Waals surface area contributed by atoms with Crippen LogP contribution in [0.5, 0.6) is 5.75 Å². The third-order valence-electron chi connectivity index (χ3n) is 4.14. The van der Waals surface area contributed by atoms with Crippen LogP contribution in [0.4, 0.5) is 0 Å². The topological polar surface area (TPSA) is 9.23 Å². The zero-order valence-electron chi connectivity index (χ0n) is 12.4. The maximum atomic E-state index is 6.22. The molecular weight excluding hydrogens is 268 g/mol. The molecule has 0 aromatic heterocycles. The van der Waals surface area contributed by atoms with E-state index in [9.17, 15) is 0 Å². The maximum Gasteiger partial charge on any atom is 0.120 e. The highest BCUT2D eigenvalue weighted by molar-refractivity contribution is 6.19. The highest BCUT2D eigenvalue weighted by Gasteiger charge is 2.25. The number of aryl methyl sites for hydroxylation is 1. The SMILES string of the molecule is CCC1CCCCC1Oc1ccc(C#CCCl)c(C)c1. The number of alkyl halides is 1. The molecule has 1 aromatic rings. The van der Waals surface area contributed by atoms with Crippen molar-refractivity contribution in [3.63, 3.8) is 0 Å². The van der Waals surface area contributed by atoms with E-state index < -0.39 is 0 Å². The minimum absolute atomic E-state index is 0.373. The molecule has 1 fully saturated rings. The first-order chi connectivity index (χ1) is 9.74. The van der Waals surface area contributed by atoms with Crippen molar-refractivity contribution >= 4 is 11.6 Å². The number of hydrogen-bond donors (Lipinski definition) is 0. The van der Waals surface area contributed by atoms with Gasteiger partial charge in [-0.3, -0.25) is 0 Å². The smallest absolute Gasteiger partial charge is 0.120 e. The number of ether oxygens (including phenoxy) is 1. The summed E-state index contributed by atoms with van der Waals surface area (Å²) in [7, 11) is 0. The van der Waals surface area contributed by atoms with E-state index in [0.29, 0.717) is 17.9 Å². The Hall–Kier alpha value is -1.13. The minimum Gasteiger partial charge on any atom is -0.490 e. The van der Waals surface area contributed by atoms with Gasteiger partial charge >= 0.3 is 0 Å². The first-order valence-electron chi connectivity index (χ1n) is 7.56. The summed E-state index contributed by atoms with van der Waals surface area (Å²) in [6, 6.07) is 6.17. The first-order valence-corrected chi connectivity index (χ1v) is 8.10. The Kier molecular flexibility index (Phi) is 5.80. The van der Waals surface area contributed by atoms with Gasteiger partial charge in [0.15, 0.2) is 0 Å². The molecule has 2 heteroatoms. The lowest BCUT2D eigenvalue weighted by molar-refractivity contribution is 0.0903. The molecule has 1 nitrogen and oxygen atoms in total. The lowest BCUT2D eigenvalue weighted by Crippen LogP contribution is -2.29. The van der Waals surface area contributed by atoms with Gasteiger partial charge in [0, 0.05) is 5.56 Å². The largest absolute Gasteiger partial charge is 0.490 e. The van der Waals surface area contributed by atoms with Gasteiger partial charge < -0.3 is 4.74 Å². The van der Waals surface area contributed by atoms with Gasteiger partial charge in [0.1, 0.15) is 11.9 Å². The van der Waals surface area contributed by atoms with E-state index in [0.717, 1.165) is 16.9 Å². The molecule has 2 unspecified atom stereocenters. The van der Waals surface area contributed by atoms with Crippen LogP contribution in [0.3, 0.4) is 0 Å². The normalized spacial score (nSPS) is 21.9. The Morgan fingerprint density at radius 3 is 2.80 bits per heavy atom. The van der Waals surface area contributed by atoms with Gasteiger partial charge in [-0.05, 0) is 62.3 Å². The van der Waals surface area contributed by atoms with Crippen LogP contribution < -0.4 is 4.74 Å². The fourth-order valence-electron chi connectivity index (χ4n) is 2.95. The molecule has 1 aromatic carbocycles. The van der Waals surface area contributed by atoms with Crippen molar-refractivity contribution in [2.45, 2.75) is 52.1 Å². The predicted octanol–water partition coefficient (Wildman–Crippen LogP) is 4.93. The summed E-state index contributed by atoms with van der Waals surface area (Å²) in [5.74, 6) is 8.03.